The Labute approximate surface area is 171 Å². The topological polar surface area (TPSA) is 75.9 Å². The molecule has 152 valence electrons. The van der Waals surface area contributed by atoms with Gasteiger partial charge in [-0.1, -0.05) is 12.1 Å². The Balaban J connectivity index is 1.37. The van der Waals surface area contributed by atoms with E-state index in [-0.39, 0.29) is 11.8 Å². The van der Waals surface area contributed by atoms with Crippen LogP contribution in [-0.4, -0.2) is 50.0 Å². The Morgan fingerprint density at radius 1 is 1.17 bits per heavy atom. The van der Waals surface area contributed by atoms with E-state index in [9.17, 15) is 4.79 Å². The third kappa shape index (κ3) is 4.23. The Hall–Kier alpha value is -2.96. The normalized spacial score (nSPS) is 16.9. The van der Waals surface area contributed by atoms with Crippen LogP contribution < -0.4 is 5.32 Å². The maximum Gasteiger partial charge on any atom is 0.224 e. The maximum atomic E-state index is 12.8. The lowest BCUT2D eigenvalue weighted by Crippen LogP contribution is -2.40. The van der Waals surface area contributed by atoms with Gasteiger partial charge in [-0.15, -0.1) is 0 Å². The van der Waals surface area contributed by atoms with Crippen molar-refractivity contribution in [3.05, 3.63) is 47.5 Å². The van der Waals surface area contributed by atoms with Gasteiger partial charge in [-0.05, 0) is 44.9 Å². The summed E-state index contributed by atoms with van der Waals surface area (Å²) in [5.74, 6) is 2.11. The number of para-hydroxylation sites is 2. The number of likely N-dealkylation sites (tertiary alicyclic amines) is 1. The highest BCUT2D eigenvalue weighted by molar-refractivity contribution is 5.77. The zero-order chi connectivity index (χ0) is 20.4. The number of fused-ring (bicyclic) bond motifs is 1. The van der Waals surface area contributed by atoms with Crippen LogP contribution in [0, 0.1) is 13.8 Å². The Morgan fingerprint density at radius 2 is 1.93 bits per heavy atom. The molecule has 7 nitrogen and oxygen atoms in total. The fourth-order valence-electron chi connectivity index (χ4n) is 4.19. The van der Waals surface area contributed by atoms with E-state index in [0.717, 1.165) is 54.2 Å². The van der Waals surface area contributed by atoms with Crippen molar-refractivity contribution in [3.8, 4) is 0 Å². The molecule has 1 fully saturated rings. The summed E-state index contributed by atoms with van der Waals surface area (Å²) in [6, 6.07) is 10.1. The Morgan fingerprint density at radius 3 is 2.69 bits per heavy atom. The second kappa shape index (κ2) is 8.19. The highest BCUT2D eigenvalue weighted by Gasteiger charge is 2.27. The van der Waals surface area contributed by atoms with Gasteiger partial charge in [0.25, 0.3) is 0 Å². The lowest BCUT2D eigenvalue weighted by Gasteiger charge is -2.32. The van der Waals surface area contributed by atoms with Gasteiger partial charge in [0, 0.05) is 50.4 Å². The van der Waals surface area contributed by atoms with Gasteiger partial charge in [0.2, 0.25) is 11.9 Å². The average Bonchev–Trinajstić information content (AvgIpc) is 3.04. The molecule has 0 spiro atoms. The van der Waals surface area contributed by atoms with Gasteiger partial charge in [0.05, 0.1) is 11.0 Å². The first kappa shape index (κ1) is 19.4. The minimum Gasteiger partial charge on any atom is -0.354 e. The van der Waals surface area contributed by atoms with Gasteiger partial charge in [-0.3, -0.25) is 4.79 Å². The average molecular weight is 393 g/mol. The first-order chi connectivity index (χ1) is 14.0. The van der Waals surface area contributed by atoms with Crippen molar-refractivity contribution in [1.29, 1.82) is 0 Å². The number of carbonyl (C=O) groups excluding carboxylic acids is 1. The van der Waals surface area contributed by atoms with E-state index in [1.54, 1.807) is 0 Å². The SMILES string of the molecule is Cc1cc(C)nc(NCCC(=O)N2CCC[C@@H](c3nc4ccccc4n3C)C2)n1. The molecule has 3 heterocycles. The van der Waals surface area contributed by atoms with Crippen molar-refractivity contribution in [2.45, 2.75) is 39.0 Å². The van der Waals surface area contributed by atoms with E-state index < -0.39 is 0 Å². The quantitative estimate of drug-likeness (QED) is 0.722. The van der Waals surface area contributed by atoms with Crippen molar-refractivity contribution in [2.24, 2.45) is 7.05 Å². The molecule has 1 aromatic carbocycles. The lowest BCUT2D eigenvalue weighted by atomic mass is 9.97. The second-order valence-electron chi connectivity index (χ2n) is 7.85. The van der Waals surface area contributed by atoms with Crippen LogP contribution in [0.25, 0.3) is 11.0 Å². The van der Waals surface area contributed by atoms with Crippen LogP contribution in [0.1, 0.15) is 42.4 Å². The molecule has 0 unspecified atom stereocenters. The lowest BCUT2D eigenvalue weighted by molar-refractivity contribution is -0.132. The van der Waals surface area contributed by atoms with Crippen molar-refractivity contribution < 1.29 is 4.79 Å². The highest BCUT2D eigenvalue weighted by atomic mass is 16.2. The largest absolute Gasteiger partial charge is 0.354 e. The minimum atomic E-state index is 0.172. The fraction of sp³-hybridized carbons (Fsp3) is 0.455. The number of nitrogens with one attached hydrogen (secondary N) is 1. The summed E-state index contributed by atoms with van der Waals surface area (Å²) in [6.45, 7) is 5.98. The van der Waals surface area contributed by atoms with E-state index in [2.05, 4.69) is 33.0 Å². The van der Waals surface area contributed by atoms with Crippen LogP contribution in [0.5, 0.6) is 0 Å². The molecule has 0 radical (unpaired) electrons. The minimum absolute atomic E-state index is 0.172. The van der Waals surface area contributed by atoms with Crippen molar-refractivity contribution in [3.63, 3.8) is 0 Å². The number of benzene rings is 1. The first-order valence-electron chi connectivity index (χ1n) is 10.3. The highest BCUT2D eigenvalue weighted by Crippen LogP contribution is 2.28. The van der Waals surface area contributed by atoms with Gasteiger partial charge in [-0.25, -0.2) is 15.0 Å². The summed E-state index contributed by atoms with van der Waals surface area (Å²) >= 11 is 0. The van der Waals surface area contributed by atoms with Crippen LogP contribution in [0.3, 0.4) is 0 Å². The molecule has 1 N–H and O–H groups in total. The number of aromatic nitrogens is 4. The number of amides is 1. The molecular formula is C22H28N6O. The summed E-state index contributed by atoms with van der Waals surface area (Å²) in [5.41, 5.74) is 4.01. The molecule has 3 aromatic rings. The predicted octanol–water partition coefficient (Wildman–Crippen LogP) is 3.19. The molecule has 4 rings (SSSR count). The number of imidazole rings is 1. The number of nitrogens with zero attached hydrogens (tertiary/aromatic N) is 5. The summed E-state index contributed by atoms with van der Waals surface area (Å²) in [4.78, 5) is 28.3. The smallest absolute Gasteiger partial charge is 0.224 e. The molecule has 1 amide bonds. The monoisotopic (exact) mass is 392 g/mol. The first-order valence-corrected chi connectivity index (χ1v) is 10.3. The Bertz CT molecular complexity index is 1010. The van der Waals surface area contributed by atoms with E-state index in [0.29, 0.717) is 18.9 Å². The molecule has 7 heteroatoms. The summed E-state index contributed by atoms with van der Waals surface area (Å²) < 4.78 is 2.17. The van der Waals surface area contributed by atoms with Gasteiger partial charge < -0.3 is 14.8 Å². The Kier molecular flexibility index (Phi) is 5.47. The standard InChI is InChI=1S/C22H28N6O/c1-15-13-16(2)25-22(24-15)23-11-10-20(29)28-12-6-7-17(14-28)21-26-18-8-4-5-9-19(18)27(21)3/h4-5,8-9,13,17H,6-7,10-12,14H2,1-3H3,(H,23,24,25)/t17-/m1/s1. The zero-order valence-corrected chi connectivity index (χ0v) is 17.4. The van der Waals surface area contributed by atoms with E-state index >= 15 is 0 Å². The van der Waals surface area contributed by atoms with Crippen LogP contribution >= 0.6 is 0 Å². The molecule has 1 aliphatic heterocycles. The number of hydrogen-bond donors (Lipinski definition) is 1. The number of hydrogen-bond acceptors (Lipinski definition) is 5. The zero-order valence-electron chi connectivity index (χ0n) is 17.4. The number of aryl methyl sites for hydroxylation is 3. The molecule has 1 saturated heterocycles. The van der Waals surface area contributed by atoms with Crippen molar-refractivity contribution in [2.75, 3.05) is 25.0 Å². The number of anilines is 1. The molecule has 0 saturated carbocycles. The van der Waals surface area contributed by atoms with E-state index in [1.165, 1.54) is 0 Å². The fourth-order valence-corrected chi connectivity index (χ4v) is 4.19. The predicted molar refractivity (Wildman–Crippen MR) is 114 cm³/mol. The summed E-state index contributed by atoms with van der Waals surface area (Å²) in [5, 5.41) is 3.18. The number of carbonyl (C=O) groups is 1. The van der Waals surface area contributed by atoms with Gasteiger partial charge in [-0.2, -0.15) is 0 Å². The van der Waals surface area contributed by atoms with Gasteiger partial charge in [0.1, 0.15) is 5.82 Å². The van der Waals surface area contributed by atoms with Crippen molar-refractivity contribution >= 4 is 22.9 Å². The van der Waals surface area contributed by atoms with Crippen LogP contribution in [0.15, 0.2) is 30.3 Å². The molecule has 2 aromatic heterocycles. The van der Waals surface area contributed by atoms with Crippen molar-refractivity contribution in [1.82, 2.24) is 24.4 Å². The van der Waals surface area contributed by atoms with Gasteiger partial charge >= 0.3 is 0 Å². The maximum absolute atomic E-state index is 12.8. The molecule has 1 atom stereocenters. The molecule has 0 aliphatic carbocycles. The number of rotatable bonds is 5. The van der Waals surface area contributed by atoms with Crippen LogP contribution in [0.2, 0.25) is 0 Å². The van der Waals surface area contributed by atoms with E-state index in [4.69, 9.17) is 4.98 Å². The van der Waals surface area contributed by atoms with Crippen LogP contribution in [0.4, 0.5) is 5.95 Å². The van der Waals surface area contributed by atoms with Crippen LogP contribution in [-0.2, 0) is 11.8 Å². The third-order valence-corrected chi connectivity index (χ3v) is 5.57. The van der Waals surface area contributed by atoms with Gasteiger partial charge in [0.15, 0.2) is 0 Å². The molecule has 1 aliphatic rings. The molecular weight excluding hydrogens is 364 g/mol. The summed E-state index contributed by atoms with van der Waals surface area (Å²) in [6.07, 6.45) is 2.51. The second-order valence-corrected chi connectivity index (χ2v) is 7.85. The third-order valence-electron chi connectivity index (χ3n) is 5.57. The number of piperidine rings is 1. The van der Waals surface area contributed by atoms with E-state index in [1.807, 2.05) is 43.0 Å². The molecule has 29 heavy (non-hydrogen) atoms. The summed E-state index contributed by atoms with van der Waals surface area (Å²) in [7, 11) is 2.07. The molecule has 0 bridgehead atoms.